The van der Waals surface area contributed by atoms with Gasteiger partial charge in [-0.25, -0.2) is 0 Å². The quantitative estimate of drug-likeness (QED) is 0.155. The molecule has 0 aliphatic carbocycles. The summed E-state index contributed by atoms with van der Waals surface area (Å²) in [6.45, 7) is 8.32. The van der Waals surface area contributed by atoms with Gasteiger partial charge >= 0.3 is 19.5 Å². The van der Waals surface area contributed by atoms with Gasteiger partial charge in [-0.1, -0.05) is 79.1 Å². The van der Waals surface area contributed by atoms with E-state index in [4.69, 9.17) is 0 Å². The molecule has 0 saturated carbocycles. The van der Waals surface area contributed by atoms with E-state index < -0.39 is 14.7 Å². The molecule has 4 nitrogen and oxygen atoms in total. The van der Waals surface area contributed by atoms with Gasteiger partial charge in [0.05, 0.1) is 0 Å². The fourth-order valence-electron chi connectivity index (χ4n) is 2.58. The van der Waals surface area contributed by atoms with Crippen LogP contribution in [-0.4, -0.2) is 24.6 Å². The van der Waals surface area contributed by atoms with Gasteiger partial charge < -0.3 is 18.9 Å². The first kappa shape index (κ1) is 32.7. The van der Waals surface area contributed by atoms with Crippen molar-refractivity contribution in [2.24, 2.45) is 0 Å². The maximum atomic E-state index is 11.4. The van der Waals surface area contributed by atoms with E-state index in [0.29, 0.717) is 24.6 Å². The van der Waals surface area contributed by atoms with Crippen LogP contribution >= 0.6 is 14.7 Å². The molecule has 0 radical (unpaired) electrons. The van der Waals surface area contributed by atoms with Crippen LogP contribution in [0.4, 0.5) is 0 Å². The van der Waals surface area contributed by atoms with Gasteiger partial charge in [-0.15, -0.1) is 0 Å². The summed E-state index contributed by atoms with van der Waals surface area (Å²) in [5.41, 5.74) is 0. The topological polar surface area (TPSA) is 80.3 Å². The van der Waals surface area contributed by atoms with Gasteiger partial charge in [-0.3, -0.25) is 0 Å². The third-order valence-electron chi connectivity index (χ3n) is 4.41. The molecule has 0 heterocycles. The van der Waals surface area contributed by atoms with E-state index in [9.17, 15) is 18.9 Å². The second-order valence-corrected chi connectivity index (χ2v) is 12.4. The molecule has 0 amide bonds. The molecular weight excluding hydrogens is 432 g/mol. The van der Waals surface area contributed by atoms with Gasteiger partial charge in [0.1, 0.15) is 0 Å². The fraction of sp³-hybridized carbons (Fsp3) is 1.00. The molecule has 0 aromatic rings. The zero-order valence-electron chi connectivity index (χ0n) is 18.5. The van der Waals surface area contributed by atoms with Crippen LogP contribution in [0.1, 0.15) is 105 Å². The smallest absolute Gasteiger partial charge is 0.799 e. The van der Waals surface area contributed by atoms with E-state index >= 15 is 0 Å². The SMILES string of the molecule is CCCCCCP(=O)([O-])CCCC.CCCCCCP(=O)([O-])CCCC.[Zn+2]. The van der Waals surface area contributed by atoms with Gasteiger partial charge in [0.25, 0.3) is 0 Å². The number of unbranched alkanes of at least 4 members (excludes halogenated alkanes) is 8. The Kier molecular flexibility index (Phi) is 26.3. The zero-order chi connectivity index (χ0) is 20.3. The van der Waals surface area contributed by atoms with Gasteiger partial charge in [-0.2, -0.15) is 0 Å². The number of rotatable bonds is 16. The molecule has 0 aromatic carbocycles. The van der Waals surface area contributed by atoms with Crippen LogP contribution in [-0.2, 0) is 28.6 Å². The molecular formula is C20H44O4P2Zn. The van der Waals surface area contributed by atoms with Crippen molar-refractivity contribution in [3.05, 3.63) is 0 Å². The number of hydrogen-bond donors (Lipinski definition) is 0. The first-order valence-corrected chi connectivity index (χ1v) is 14.8. The van der Waals surface area contributed by atoms with Gasteiger partial charge in [0.15, 0.2) is 0 Å². The average molecular weight is 476 g/mol. The van der Waals surface area contributed by atoms with E-state index in [1.165, 1.54) is 0 Å². The van der Waals surface area contributed by atoms with Crippen molar-refractivity contribution < 1.29 is 38.4 Å². The second kappa shape index (κ2) is 21.7. The van der Waals surface area contributed by atoms with Crippen molar-refractivity contribution in [2.75, 3.05) is 24.6 Å². The van der Waals surface area contributed by atoms with E-state index in [1.54, 1.807) is 0 Å². The Morgan fingerprint density at radius 2 is 0.741 bits per heavy atom. The maximum Gasteiger partial charge on any atom is 2.00 e. The Bertz CT molecular complexity index is 356. The molecule has 0 aliphatic rings. The summed E-state index contributed by atoms with van der Waals surface area (Å²) < 4.78 is 22.8. The van der Waals surface area contributed by atoms with Gasteiger partial charge in [-0.05, 0) is 50.3 Å². The molecule has 7 heteroatoms. The summed E-state index contributed by atoms with van der Waals surface area (Å²) in [7, 11) is -6.00. The number of hydrogen-bond acceptors (Lipinski definition) is 4. The standard InChI is InChI=1S/2C10H23O2P.Zn/c2*1-3-5-7-8-10-13(11,12)9-6-4-2;/h2*3-10H2,1-2H3,(H,11,12);/q;;+2/p-2. The van der Waals surface area contributed by atoms with Gasteiger partial charge in [0, 0.05) is 14.7 Å². The van der Waals surface area contributed by atoms with Crippen LogP contribution in [0.2, 0.25) is 0 Å². The molecule has 2 atom stereocenters. The summed E-state index contributed by atoms with van der Waals surface area (Å²) in [6, 6.07) is 0. The molecule has 0 N–H and O–H groups in total. The van der Waals surface area contributed by atoms with Crippen molar-refractivity contribution in [1.29, 1.82) is 0 Å². The molecule has 27 heavy (non-hydrogen) atoms. The Morgan fingerprint density at radius 3 is 1.00 bits per heavy atom. The minimum atomic E-state index is -3.00. The molecule has 160 valence electrons. The zero-order valence-corrected chi connectivity index (χ0v) is 23.3. The summed E-state index contributed by atoms with van der Waals surface area (Å²) in [4.78, 5) is 22.8. The second-order valence-electron chi connectivity index (χ2n) is 7.35. The molecule has 0 spiro atoms. The van der Waals surface area contributed by atoms with Crippen LogP contribution in [0.15, 0.2) is 0 Å². The van der Waals surface area contributed by atoms with Crippen molar-refractivity contribution in [2.45, 2.75) is 105 Å². The normalized spacial score (nSPS) is 15.0. The summed E-state index contributed by atoms with van der Waals surface area (Å²) in [5, 5.41) is 0. The van der Waals surface area contributed by atoms with E-state index in [-0.39, 0.29) is 19.5 Å². The molecule has 0 rings (SSSR count). The Hall–Kier alpha value is 1.00. The third-order valence-corrected chi connectivity index (χ3v) is 8.40. The Labute approximate surface area is 182 Å². The molecule has 0 aliphatic heterocycles. The fourth-order valence-corrected chi connectivity index (χ4v) is 6.03. The van der Waals surface area contributed by atoms with E-state index in [1.807, 2.05) is 13.8 Å². The molecule has 0 saturated heterocycles. The van der Waals surface area contributed by atoms with Crippen LogP contribution < -0.4 is 9.79 Å². The first-order valence-electron chi connectivity index (χ1n) is 10.8. The summed E-state index contributed by atoms with van der Waals surface area (Å²) in [5.74, 6) is 0. The minimum absolute atomic E-state index is 0. The van der Waals surface area contributed by atoms with Crippen LogP contribution in [0.5, 0.6) is 0 Å². The van der Waals surface area contributed by atoms with Crippen LogP contribution in [0.25, 0.3) is 0 Å². The van der Waals surface area contributed by atoms with E-state index in [0.717, 1.165) is 77.0 Å². The molecule has 0 aromatic heterocycles. The van der Waals surface area contributed by atoms with Crippen molar-refractivity contribution in [1.82, 2.24) is 0 Å². The first-order chi connectivity index (χ1) is 12.2. The largest absolute Gasteiger partial charge is 2.00 e. The molecule has 0 fully saturated rings. The molecule has 0 bridgehead atoms. The monoisotopic (exact) mass is 474 g/mol. The Morgan fingerprint density at radius 1 is 0.481 bits per heavy atom. The van der Waals surface area contributed by atoms with Crippen molar-refractivity contribution in [3.8, 4) is 0 Å². The summed E-state index contributed by atoms with van der Waals surface area (Å²) in [6.07, 6.45) is 13.8. The minimum Gasteiger partial charge on any atom is -0.799 e. The van der Waals surface area contributed by atoms with Gasteiger partial charge in [0.2, 0.25) is 0 Å². The maximum absolute atomic E-state index is 11.4. The molecule has 2 unspecified atom stereocenters. The summed E-state index contributed by atoms with van der Waals surface area (Å²) >= 11 is 0. The Balaban J connectivity index is -0.000000411. The van der Waals surface area contributed by atoms with Crippen LogP contribution in [0, 0.1) is 0 Å². The average Bonchev–Trinajstić information content (AvgIpc) is 2.60. The third kappa shape index (κ3) is 27.0. The van der Waals surface area contributed by atoms with E-state index in [2.05, 4.69) is 13.8 Å². The predicted molar refractivity (Wildman–Crippen MR) is 113 cm³/mol. The van der Waals surface area contributed by atoms with Crippen molar-refractivity contribution >= 4 is 14.7 Å². The van der Waals surface area contributed by atoms with Crippen LogP contribution in [0.3, 0.4) is 0 Å². The predicted octanol–water partition coefficient (Wildman–Crippen LogP) is 6.01. The van der Waals surface area contributed by atoms with Crippen molar-refractivity contribution in [3.63, 3.8) is 0 Å².